The van der Waals surface area contributed by atoms with Crippen LogP contribution in [-0.2, 0) is 7.05 Å². The normalized spacial score (nSPS) is 19.7. The lowest BCUT2D eigenvalue weighted by Gasteiger charge is -2.29. The molecule has 1 aromatic carbocycles. The van der Waals surface area contributed by atoms with Gasteiger partial charge in [0, 0.05) is 24.7 Å². The summed E-state index contributed by atoms with van der Waals surface area (Å²) in [6.45, 7) is 2.22. The molecule has 2 aliphatic carbocycles. The summed E-state index contributed by atoms with van der Waals surface area (Å²) < 4.78 is 1.98. The summed E-state index contributed by atoms with van der Waals surface area (Å²) in [5, 5.41) is 0. The molecule has 4 rings (SSSR count). The van der Waals surface area contributed by atoms with Gasteiger partial charge in [-0.25, -0.2) is 4.98 Å². The Bertz CT molecular complexity index is 697. The molecule has 1 aromatic heterocycles. The Balaban J connectivity index is 1.66. The molecule has 0 unspecified atom stereocenters. The van der Waals surface area contributed by atoms with Crippen molar-refractivity contribution in [2.75, 3.05) is 0 Å². The molecule has 2 aliphatic rings. The number of imidazole rings is 1. The minimum Gasteiger partial charge on any atom is -0.334 e. The summed E-state index contributed by atoms with van der Waals surface area (Å²) in [7, 11) is 1.97. The lowest BCUT2D eigenvalue weighted by Crippen LogP contribution is -2.41. The zero-order valence-corrected chi connectivity index (χ0v) is 12.6. The van der Waals surface area contributed by atoms with Gasteiger partial charge in [-0.1, -0.05) is 0 Å². The molecule has 1 atom stereocenters. The van der Waals surface area contributed by atoms with Gasteiger partial charge in [-0.3, -0.25) is 4.79 Å². The van der Waals surface area contributed by atoms with Gasteiger partial charge in [-0.05, 0) is 56.7 Å². The number of fused-ring (bicyclic) bond motifs is 1. The topological polar surface area (TPSA) is 38.1 Å². The number of aryl methyl sites for hydroxylation is 1. The van der Waals surface area contributed by atoms with E-state index in [1.807, 2.05) is 29.8 Å². The van der Waals surface area contributed by atoms with Gasteiger partial charge in [-0.15, -0.1) is 0 Å². The maximum absolute atomic E-state index is 12.9. The lowest BCUT2D eigenvalue weighted by atomic mass is 10.1. The number of amides is 1. The van der Waals surface area contributed by atoms with Crippen LogP contribution in [0.4, 0.5) is 0 Å². The predicted octanol–water partition coefficient (Wildman–Crippen LogP) is 2.98. The summed E-state index contributed by atoms with van der Waals surface area (Å²) in [5.74, 6) is 0.901. The first-order chi connectivity index (χ1) is 10.1. The van der Waals surface area contributed by atoms with Gasteiger partial charge in [0.25, 0.3) is 5.91 Å². The monoisotopic (exact) mass is 283 g/mol. The molecule has 0 bridgehead atoms. The third kappa shape index (κ3) is 2.23. The Kier molecular flexibility index (Phi) is 2.81. The molecule has 2 fully saturated rings. The van der Waals surface area contributed by atoms with Gasteiger partial charge in [0.15, 0.2) is 0 Å². The van der Waals surface area contributed by atoms with Crippen LogP contribution in [0.1, 0.15) is 43.0 Å². The van der Waals surface area contributed by atoms with Crippen molar-refractivity contribution in [3.63, 3.8) is 0 Å². The summed E-state index contributed by atoms with van der Waals surface area (Å²) >= 11 is 0. The average Bonchev–Trinajstić information content (AvgIpc) is 3.37. The standard InChI is InChI=1S/C17H21N3O/c1-11(12-3-4-12)20(14-6-7-14)17(21)13-5-8-16-15(9-13)18-10-19(16)2/h5,8-12,14H,3-4,6-7H2,1-2H3/t11-/m0/s1. The number of carbonyl (C=O) groups is 1. The Hall–Kier alpha value is -1.84. The van der Waals surface area contributed by atoms with Crippen molar-refractivity contribution < 1.29 is 4.79 Å². The molecule has 0 N–H and O–H groups in total. The SMILES string of the molecule is C[C@@H](C1CC1)N(C(=O)c1ccc2c(c1)ncn2C)C1CC1. The first-order valence-corrected chi connectivity index (χ1v) is 7.89. The minimum atomic E-state index is 0.185. The van der Waals surface area contributed by atoms with Crippen molar-refractivity contribution in [2.24, 2.45) is 13.0 Å². The Morgan fingerprint density at radius 1 is 1.33 bits per heavy atom. The fourth-order valence-corrected chi connectivity index (χ4v) is 3.26. The molecule has 4 nitrogen and oxygen atoms in total. The van der Waals surface area contributed by atoms with Gasteiger partial charge in [0.2, 0.25) is 0 Å². The minimum absolute atomic E-state index is 0.185. The third-order valence-corrected chi connectivity index (χ3v) is 4.89. The fraction of sp³-hybridized carbons (Fsp3) is 0.529. The molecule has 2 aromatic rings. The van der Waals surface area contributed by atoms with Crippen LogP contribution in [0.15, 0.2) is 24.5 Å². The van der Waals surface area contributed by atoms with Crippen LogP contribution < -0.4 is 0 Å². The van der Waals surface area contributed by atoms with E-state index in [0.717, 1.165) is 29.4 Å². The summed E-state index contributed by atoms with van der Waals surface area (Å²) in [6.07, 6.45) is 6.67. The molecule has 0 radical (unpaired) electrons. The van der Waals surface area contributed by atoms with E-state index in [9.17, 15) is 4.79 Å². The predicted molar refractivity (Wildman–Crippen MR) is 82.1 cm³/mol. The first-order valence-electron chi connectivity index (χ1n) is 7.89. The van der Waals surface area contributed by atoms with E-state index >= 15 is 0 Å². The van der Waals surface area contributed by atoms with Crippen LogP contribution in [0, 0.1) is 5.92 Å². The van der Waals surface area contributed by atoms with Gasteiger partial charge in [0.05, 0.1) is 17.4 Å². The van der Waals surface area contributed by atoms with Crippen molar-refractivity contribution >= 4 is 16.9 Å². The lowest BCUT2D eigenvalue weighted by molar-refractivity contribution is 0.0654. The van der Waals surface area contributed by atoms with E-state index in [4.69, 9.17) is 0 Å². The highest BCUT2D eigenvalue weighted by atomic mass is 16.2. The number of nitrogens with zero attached hydrogens (tertiary/aromatic N) is 3. The van der Waals surface area contributed by atoms with Crippen LogP contribution >= 0.6 is 0 Å². The Labute approximate surface area is 124 Å². The third-order valence-electron chi connectivity index (χ3n) is 4.89. The fourth-order valence-electron chi connectivity index (χ4n) is 3.26. The average molecular weight is 283 g/mol. The van der Waals surface area contributed by atoms with E-state index in [-0.39, 0.29) is 5.91 Å². The highest BCUT2D eigenvalue weighted by molar-refractivity contribution is 5.98. The van der Waals surface area contributed by atoms with Crippen molar-refractivity contribution in [2.45, 2.75) is 44.7 Å². The second-order valence-electron chi connectivity index (χ2n) is 6.58. The van der Waals surface area contributed by atoms with Gasteiger partial charge < -0.3 is 9.47 Å². The highest BCUT2D eigenvalue weighted by Gasteiger charge is 2.41. The first kappa shape index (κ1) is 12.9. The Morgan fingerprint density at radius 2 is 2.10 bits per heavy atom. The smallest absolute Gasteiger partial charge is 0.254 e. The number of benzene rings is 1. The quantitative estimate of drug-likeness (QED) is 0.865. The zero-order chi connectivity index (χ0) is 14.6. The molecular weight excluding hydrogens is 262 g/mol. The molecule has 1 heterocycles. The van der Waals surface area contributed by atoms with E-state index in [1.54, 1.807) is 6.33 Å². The van der Waals surface area contributed by atoms with Crippen LogP contribution in [-0.4, -0.2) is 32.4 Å². The van der Waals surface area contributed by atoms with Crippen molar-refractivity contribution in [3.8, 4) is 0 Å². The summed E-state index contributed by atoms with van der Waals surface area (Å²) in [5.41, 5.74) is 2.75. The number of rotatable bonds is 4. The molecule has 110 valence electrons. The maximum atomic E-state index is 12.9. The van der Waals surface area contributed by atoms with E-state index in [1.165, 1.54) is 12.8 Å². The van der Waals surface area contributed by atoms with Gasteiger partial charge in [0.1, 0.15) is 0 Å². The molecule has 0 aliphatic heterocycles. The number of carbonyl (C=O) groups excluding carboxylic acids is 1. The zero-order valence-electron chi connectivity index (χ0n) is 12.6. The molecule has 1 amide bonds. The Morgan fingerprint density at radius 3 is 2.76 bits per heavy atom. The van der Waals surface area contributed by atoms with Gasteiger partial charge >= 0.3 is 0 Å². The van der Waals surface area contributed by atoms with Crippen LogP contribution in [0.5, 0.6) is 0 Å². The largest absolute Gasteiger partial charge is 0.334 e. The molecule has 21 heavy (non-hydrogen) atoms. The molecule has 4 heteroatoms. The maximum Gasteiger partial charge on any atom is 0.254 e. The van der Waals surface area contributed by atoms with E-state index in [0.29, 0.717) is 18.0 Å². The second-order valence-corrected chi connectivity index (χ2v) is 6.58. The van der Waals surface area contributed by atoms with Crippen molar-refractivity contribution in [1.82, 2.24) is 14.5 Å². The van der Waals surface area contributed by atoms with E-state index < -0.39 is 0 Å². The summed E-state index contributed by atoms with van der Waals surface area (Å²) in [6, 6.07) is 6.73. The molecule has 2 saturated carbocycles. The van der Waals surface area contributed by atoms with Crippen LogP contribution in [0.25, 0.3) is 11.0 Å². The van der Waals surface area contributed by atoms with Crippen LogP contribution in [0.3, 0.4) is 0 Å². The molecule has 0 saturated heterocycles. The highest BCUT2D eigenvalue weighted by Crippen LogP contribution is 2.40. The van der Waals surface area contributed by atoms with Crippen molar-refractivity contribution in [1.29, 1.82) is 0 Å². The van der Waals surface area contributed by atoms with Crippen molar-refractivity contribution in [3.05, 3.63) is 30.1 Å². The molecular formula is C17H21N3O. The van der Waals surface area contributed by atoms with E-state index in [2.05, 4.69) is 16.8 Å². The molecule has 0 spiro atoms. The number of hydrogen-bond acceptors (Lipinski definition) is 2. The van der Waals surface area contributed by atoms with Crippen LogP contribution in [0.2, 0.25) is 0 Å². The second kappa shape index (κ2) is 4.58. The summed E-state index contributed by atoms with van der Waals surface area (Å²) in [4.78, 5) is 19.4. The number of hydrogen-bond donors (Lipinski definition) is 0. The number of aromatic nitrogens is 2. The van der Waals surface area contributed by atoms with Gasteiger partial charge in [-0.2, -0.15) is 0 Å².